The Kier molecular flexibility index (Phi) is 2.98. The third-order valence-corrected chi connectivity index (χ3v) is 5.77. The lowest BCUT2D eigenvalue weighted by Crippen LogP contribution is -2.46. The molecule has 5 nitrogen and oxygen atoms in total. The van der Waals surface area contributed by atoms with E-state index in [9.17, 15) is 4.79 Å². The number of nitrogens with two attached hydrogens (primary N) is 1. The summed E-state index contributed by atoms with van der Waals surface area (Å²) in [5.74, 6) is 2.51. The fourth-order valence-electron chi connectivity index (χ4n) is 5.42. The monoisotopic (exact) mass is 290 g/mol. The van der Waals surface area contributed by atoms with Gasteiger partial charge in [0.15, 0.2) is 5.69 Å². The highest BCUT2D eigenvalue weighted by molar-refractivity contribution is 5.87. The molecule has 21 heavy (non-hydrogen) atoms. The Labute approximate surface area is 124 Å². The lowest BCUT2D eigenvalue weighted by Gasteiger charge is -2.57. The predicted octanol–water partition coefficient (Wildman–Crippen LogP) is 3.02. The van der Waals surface area contributed by atoms with Crippen molar-refractivity contribution < 1.29 is 14.1 Å². The van der Waals surface area contributed by atoms with Crippen molar-refractivity contribution in [2.75, 3.05) is 12.3 Å². The molecule has 1 aromatic rings. The molecule has 5 heteroatoms. The minimum atomic E-state index is -0.430. The number of hydrogen-bond acceptors (Lipinski definition) is 5. The lowest BCUT2D eigenvalue weighted by molar-refractivity contribution is -0.0653. The first kappa shape index (κ1) is 13.2. The fraction of sp³-hybridized carbons (Fsp3) is 0.750. The highest BCUT2D eigenvalue weighted by Gasteiger charge is 2.50. The summed E-state index contributed by atoms with van der Waals surface area (Å²) in [4.78, 5) is 11.8. The van der Waals surface area contributed by atoms with E-state index in [-0.39, 0.29) is 11.6 Å². The SMILES string of the molecule is Nc1cc(C(=O)OCCC23CC4CC(CC(C4)C2)C3)no1. The van der Waals surface area contributed by atoms with Gasteiger partial charge in [0.1, 0.15) is 0 Å². The van der Waals surface area contributed by atoms with Gasteiger partial charge < -0.3 is 15.0 Å². The molecule has 4 bridgehead atoms. The molecule has 1 aromatic heterocycles. The Balaban J connectivity index is 1.34. The van der Waals surface area contributed by atoms with Gasteiger partial charge in [0.25, 0.3) is 0 Å². The lowest BCUT2D eigenvalue weighted by atomic mass is 9.49. The third kappa shape index (κ3) is 2.43. The van der Waals surface area contributed by atoms with Gasteiger partial charge in [0.2, 0.25) is 5.88 Å². The third-order valence-electron chi connectivity index (χ3n) is 5.77. The van der Waals surface area contributed by atoms with E-state index >= 15 is 0 Å². The Morgan fingerprint density at radius 3 is 2.43 bits per heavy atom. The van der Waals surface area contributed by atoms with Crippen LogP contribution in [0.15, 0.2) is 10.6 Å². The van der Waals surface area contributed by atoms with Crippen LogP contribution in [0.1, 0.15) is 55.4 Å². The molecule has 114 valence electrons. The maximum Gasteiger partial charge on any atom is 0.360 e. The molecular formula is C16H22N2O3. The minimum absolute atomic E-state index is 0.142. The van der Waals surface area contributed by atoms with Crippen LogP contribution in [0, 0.1) is 23.2 Å². The first-order valence-corrected chi connectivity index (χ1v) is 8.01. The standard InChI is InChI=1S/C16H22N2O3/c17-14-6-13(18-21-14)15(19)20-2-1-16-7-10-3-11(8-16)5-12(4-10)9-16/h6,10-12H,1-5,7-9,17H2. The summed E-state index contributed by atoms with van der Waals surface area (Å²) in [6.45, 7) is 0.484. The number of esters is 1. The van der Waals surface area contributed by atoms with Crippen LogP contribution in [0.2, 0.25) is 0 Å². The van der Waals surface area contributed by atoms with Crippen molar-refractivity contribution in [2.24, 2.45) is 23.2 Å². The summed E-state index contributed by atoms with van der Waals surface area (Å²) in [6.07, 6.45) is 9.34. The van der Waals surface area contributed by atoms with Gasteiger partial charge in [-0.1, -0.05) is 5.16 Å². The predicted molar refractivity (Wildman–Crippen MR) is 76.4 cm³/mol. The second-order valence-corrected chi connectivity index (χ2v) is 7.42. The average Bonchev–Trinajstić information content (AvgIpc) is 2.83. The van der Waals surface area contributed by atoms with Crippen molar-refractivity contribution in [3.05, 3.63) is 11.8 Å². The highest BCUT2D eigenvalue weighted by Crippen LogP contribution is 2.61. The van der Waals surface area contributed by atoms with Crippen LogP contribution in [0.4, 0.5) is 5.88 Å². The zero-order valence-electron chi connectivity index (χ0n) is 12.2. The molecule has 0 atom stereocenters. The van der Waals surface area contributed by atoms with E-state index in [0.29, 0.717) is 12.0 Å². The second-order valence-electron chi connectivity index (χ2n) is 7.42. The van der Waals surface area contributed by atoms with Crippen LogP contribution < -0.4 is 5.73 Å². The molecule has 0 amide bonds. The van der Waals surface area contributed by atoms with Gasteiger partial charge in [-0.25, -0.2) is 4.79 Å². The molecule has 4 aliphatic carbocycles. The number of anilines is 1. The minimum Gasteiger partial charge on any atom is -0.461 e. The van der Waals surface area contributed by atoms with E-state index in [1.54, 1.807) is 0 Å². The van der Waals surface area contributed by atoms with Crippen LogP contribution in [-0.2, 0) is 4.74 Å². The molecular weight excluding hydrogens is 268 g/mol. The Bertz CT molecular complexity index is 516. The normalized spacial score (nSPS) is 36.9. The maximum atomic E-state index is 11.8. The van der Waals surface area contributed by atoms with E-state index < -0.39 is 5.97 Å². The molecule has 0 radical (unpaired) electrons. The van der Waals surface area contributed by atoms with Gasteiger partial charge in [0.05, 0.1) is 6.61 Å². The van der Waals surface area contributed by atoms with Gasteiger partial charge in [-0.2, -0.15) is 0 Å². The summed E-state index contributed by atoms with van der Waals surface area (Å²) >= 11 is 0. The smallest absolute Gasteiger partial charge is 0.360 e. The van der Waals surface area contributed by atoms with E-state index in [4.69, 9.17) is 15.0 Å². The van der Waals surface area contributed by atoms with E-state index in [1.165, 1.54) is 44.6 Å². The number of ether oxygens (including phenoxy) is 1. The Morgan fingerprint density at radius 2 is 1.90 bits per heavy atom. The number of aromatic nitrogens is 1. The molecule has 0 aromatic carbocycles. The van der Waals surface area contributed by atoms with Crippen molar-refractivity contribution in [2.45, 2.75) is 44.9 Å². The first-order chi connectivity index (χ1) is 10.1. The molecule has 0 spiro atoms. The Morgan fingerprint density at radius 1 is 1.29 bits per heavy atom. The molecule has 0 aliphatic heterocycles. The molecule has 4 fully saturated rings. The van der Waals surface area contributed by atoms with Crippen LogP contribution in [0.25, 0.3) is 0 Å². The van der Waals surface area contributed by atoms with Gasteiger partial charge in [0, 0.05) is 6.07 Å². The van der Waals surface area contributed by atoms with Crippen LogP contribution in [0.3, 0.4) is 0 Å². The van der Waals surface area contributed by atoms with E-state index in [2.05, 4.69) is 5.16 Å². The van der Waals surface area contributed by atoms with Gasteiger partial charge >= 0.3 is 5.97 Å². The maximum absolute atomic E-state index is 11.8. The molecule has 4 saturated carbocycles. The number of carbonyl (C=O) groups is 1. The van der Waals surface area contributed by atoms with Crippen molar-refractivity contribution in [1.82, 2.24) is 5.16 Å². The number of nitrogen functional groups attached to an aromatic ring is 1. The van der Waals surface area contributed by atoms with Gasteiger partial charge in [-0.15, -0.1) is 0 Å². The average molecular weight is 290 g/mol. The largest absolute Gasteiger partial charge is 0.461 e. The van der Waals surface area contributed by atoms with Crippen LogP contribution in [0.5, 0.6) is 0 Å². The fourth-order valence-corrected chi connectivity index (χ4v) is 5.42. The number of nitrogens with zero attached hydrogens (tertiary/aromatic N) is 1. The second kappa shape index (κ2) is 4.75. The van der Waals surface area contributed by atoms with Gasteiger partial charge in [-0.3, -0.25) is 0 Å². The zero-order chi connectivity index (χ0) is 14.4. The zero-order valence-corrected chi connectivity index (χ0v) is 12.2. The highest BCUT2D eigenvalue weighted by atomic mass is 16.5. The molecule has 0 saturated heterocycles. The summed E-state index contributed by atoms with van der Waals surface area (Å²) < 4.78 is 10.1. The number of carbonyl (C=O) groups excluding carboxylic acids is 1. The molecule has 4 aliphatic rings. The van der Waals surface area contributed by atoms with Gasteiger partial charge in [-0.05, 0) is 68.1 Å². The summed E-state index contributed by atoms with van der Waals surface area (Å²) in [5, 5.41) is 3.59. The summed E-state index contributed by atoms with van der Waals surface area (Å²) in [7, 11) is 0. The molecule has 1 heterocycles. The van der Waals surface area contributed by atoms with E-state index in [1.807, 2.05) is 0 Å². The van der Waals surface area contributed by atoms with Crippen molar-refractivity contribution >= 4 is 11.9 Å². The number of hydrogen-bond donors (Lipinski definition) is 1. The topological polar surface area (TPSA) is 78.4 Å². The van der Waals surface area contributed by atoms with Crippen LogP contribution >= 0.6 is 0 Å². The molecule has 5 rings (SSSR count). The first-order valence-electron chi connectivity index (χ1n) is 8.01. The van der Waals surface area contributed by atoms with Crippen LogP contribution in [-0.4, -0.2) is 17.7 Å². The van der Waals surface area contributed by atoms with E-state index in [0.717, 1.165) is 24.2 Å². The number of rotatable bonds is 4. The van der Waals surface area contributed by atoms with Crippen molar-refractivity contribution in [3.63, 3.8) is 0 Å². The quantitative estimate of drug-likeness (QED) is 0.862. The van der Waals surface area contributed by atoms with Crippen molar-refractivity contribution in [3.8, 4) is 0 Å². The summed E-state index contributed by atoms with van der Waals surface area (Å²) in [6, 6.07) is 1.41. The van der Waals surface area contributed by atoms with Crippen molar-refractivity contribution in [1.29, 1.82) is 0 Å². The summed E-state index contributed by atoms with van der Waals surface area (Å²) in [5.41, 5.74) is 6.02. The Hall–Kier alpha value is -1.52. The molecule has 2 N–H and O–H groups in total. The molecule has 0 unspecified atom stereocenters.